The molecule has 6 heteroatoms. The van der Waals surface area contributed by atoms with Crippen LogP contribution in [0.3, 0.4) is 0 Å². The van der Waals surface area contributed by atoms with Gasteiger partial charge >= 0.3 is 0 Å². The number of nitrogens with zero attached hydrogens (tertiary/aromatic N) is 3. The number of nitrogens with two attached hydrogens (primary N) is 1. The number of hydrogen-bond acceptors (Lipinski definition) is 4. The van der Waals surface area contributed by atoms with Crippen LogP contribution in [0.1, 0.15) is 18.4 Å². The monoisotopic (exact) mass is 276 g/mol. The second kappa shape index (κ2) is 4.62. The Kier molecular flexibility index (Phi) is 2.94. The molecule has 0 saturated heterocycles. The summed E-state index contributed by atoms with van der Waals surface area (Å²) < 4.78 is 15.3. The highest BCUT2D eigenvalue weighted by molar-refractivity contribution is 7.13. The van der Waals surface area contributed by atoms with Crippen LogP contribution in [0.5, 0.6) is 0 Å². The van der Waals surface area contributed by atoms with Gasteiger partial charge in [-0.05, 0) is 25.1 Å². The van der Waals surface area contributed by atoms with E-state index in [1.807, 2.05) is 16.9 Å². The van der Waals surface area contributed by atoms with Gasteiger partial charge in [0.1, 0.15) is 11.6 Å². The van der Waals surface area contributed by atoms with Crippen LogP contribution in [-0.4, -0.2) is 14.5 Å². The van der Waals surface area contributed by atoms with Crippen molar-refractivity contribution in [3.05, 3.63) is 40.9 Å². The second-order valence-corrected chi connectivity index (χ2v) is 5.15. The predicted molar refractivity (Wildman–Crippen MR) is 74.7 cm³/mol. The Hall–Kier alpha value is -1.95. The van der Waals surface area contributed by atoms with E-state index in [4.69, 9.17) is 5.73 Å². The maximum atomic E-state index is 13.3. The average Bonchev–Trinajstić information content (AvgIpc) is 2.93. The number of anilines is 1. The minimum absolute atomic E-state index is 0.244. The van der Waals surface area contributed by atoms with Crippen LogP contribution in [0.4, 0.5) is 9.52 Å². The molecule has 19 heavy (non-hydrogen) atoms. The minimum atomic E-state index is -0.244. The summed E-state index contributed by atoms with van der Waals surface area (Å²) >= 11 is 1.42. The van der Waals surface area contributed by atoms with Crippen LogP contribution in [0, 0.1) is 5.82 Å². The van der Waals surface area contributed by atoms with Crippen molar-refractivity contribution in [1.82, 2.24) is 14.5 Å². The van der Waals surface area contributed by atoms with Gasteiger partial charge in [0, 0.05) is 18.3 Å². The molecule has 1 aromatic carbocycles. The minimum Gasteiger partial charge on any atom is -0.375 e. The summed E-state index contributed by atoms with van der Waals surface area (Å²) in [5.41, 5.74) is 8.15. The van der Waals surface area contributed by atoms with Crippen LogP contribution in [0.2, 0.25) is 0 Å². The lowest BCUT2D eigenvalue weighted by Gasteiger charge is -2.04. The van der Waals surface area contributed by atoms with Gasteiger partial charge in [-0.1, -0.05) is 0 Å². The molecule has 0 spiro atoms. The Morgan fingerprint density at radius 2 is 2.21 bits per heavy atom. The average molecular weight is 276 g/mol. The maximum Gasteiger partial charge on any atom is 0.180 e. The van der Waals surface area contributed by atoms with Crippen LogP contribution < -0.4 is 5.73 Å². The lowest BCUT2D eigenvalue weighted by molar-refractivity contribution is 0.627. The van der Waals surface area contributed by atoms with Crippen molar-refractivity contribution in [2.24, 2.45) is 0 Å². The van der Waals surface area contributed by atoms with E-state index in [1.165, 1.54) is 23.5 Å². The van der Waals surface area contributed by atoms with E-state index in [0.29, 0.717) is 11.6 Å². The first-order valence-corrected chi connectivity index (χ1v) is 6.90. The SMILES string of the molecule is CCn1c(Cc2csc(N)n2)nc2ccc(F)cc21. The van der Waals surface area contributed by atoms with Crippen molar-refractivity contribution in [1.29, 1.82) is 0 Å². The van der Waals surface area contributed by atoms with E-state index in [9.17, 15) is 4.39 Å². The largest absolute Gasteiger partial charge is 0.375 e. The molecular formula is C13H13FN4S. The first-order chi connectivity index (χ1) is 9.17. The number of thiazole rings is 1. The summed E-state index contributed by atoms with van der Waals surface area (Å²) in [4.78, 5) is 8.79. The van der Waals surface area contributed by atoms with Crippen molar-refractivity contribution < 1.29 is 4.39 Å². The molecule has 0 atom stereocenters. The molecule has 3 rings (SSSR count). The van der Waals surface area contributed by atoms with E-state index in [2.05, 4.69) is 9.97 Å². The zero-order valence-electron chi connectivity index (χ0n) is 10.4. The molecule has 2 heterocycles. The van der Waals surface area contributed by atoms with E-state index >= 15 is 0 Å². The number of aromatic nitrogens is 3. The lowest BCUT2D eigenvalue weighted by Crippen LogP contribution is -2.03. The molecule has 2 aromatic heterocycles. The zero-order chi connectivity index (χ0) is 13.4. The predicted octanol–water partition coefficient (Wildman–Crippen LogP) is 2.82. The normalized spacial score (nSPS) is 11.3. The number of imidazole rings is 1. The van der Waals surface area contributed by atoms with Crippen molar-refractivity contribution >= 4 is 27.5 Å². The molecular weight excluding hydrogens is 263 g/mol. The van der Waals surface area contributed by atoms with Gasteiger partial charge in [0.05, 0.1) is 16.7 Å². The second-order valence-electron chi connectivity index (χ2n) is 4.26. The number of rotatable bonds is 3. The highest BCUT2D eigenvalue weighted by Crippen LogP contribution is 2.21. The molecule has 0 unspecified atom stereocenters. The molecule has 0 aliphatic rings. The van der Waals surface area contributed by atoms with E-state index in [0.717, 1.165) is 29.1 Å². The van der Waals surface area contributed by atoms with Gasteiger partial charge in [-0.25, -0.2) is 14.4 Å². The smallest absolute Gasteiger partial charge is 0.180 e. The third kappa shape index (κ3) is 2.19. The van der Waals surface area contributed by atoms with E-state index < -0.39 is 0 Å². The summed E-state index contributed by atoms with van der Waals surface area (Å²) in [7, 11) is 0. The Morgan fingerprint density at radius 3 is 2.89 bits per heavy atom. The van der Waals surface area contributed by atoms with Gasteiger partial charge < -0.3 is 10.3 Å². The fourth-order valence-electron chi connectivity index (χ4n) is 2.20. The van der Waals surface area contributed by atoms with Gasteiger partial charge in [-0.15, -0.1) is 11.3 Å². The molecule has 0 bridgehead atoms. The summed E-state index contributed by atoms with van der Waals surface area (Å²) in [5, 5.41) is 2.48. The van der Waals surface area contributed by atoms with Gasteiger partial charge in [-0.2, -0.15) is 0 Å². The molecule has 2 N–H and O–H groups in total. The number of hydrogen-bond donors (Lipinski definition) is 1. The Morgan fingerprint density at radius 1 is 1.37 bits per heavy atom. The molecule has 0 aliphatic carbocycles. The molecule has 98 valence electrons. The van der Waals surface area contributed by atoms with Crippen molar-refractivity contribution in [2.45, 2.75) is 19.9 Å². The van der Waals surface area contributed by atoms with Gasteiger partial charge in [0.25, 0.3) is 0 Å². The quantitative estimate of drug-likeness (QED) is 0.800. The van der Waals surface area contributed by atoms with Crippen LogP contribution in [-0.2, 0) is 13.0 Å². The number of benzene rings is 1. The lowest BCUT2D eigenvalue weighted by atomic mass is 10.3. The molecule has 0 amide bonds. The van der Waals surface area contributed by atoms with Crippen molar-refractivity contribution in [3.63, 3.8) is 0 Å². The van der Waals surface area contributed by atoms with Gasteiger partial charge in [0.2, 0.25) is 0 Å². The molecule has 0 fully saturated rings. The molecule has 0 saturated carbocycles. The summed E-state index contributed by atoms with van der Waals surface area (Å²) in [5.74, 6) is 0.639. The zero-order valence-corrected chi connectivity index (χ0v) is 11.2. The third-order valence-corrected chi connectivity index (χ3v) is 3.74. The van der Waals surface area contributed by atoms with Gasteiger partial charge in [-0.3, -0.25) is 0 Å². The van der Waals surface area contributed by atoms with Crippen molar-refractivity contribution in [3.8, 4) is 0 Å². The summed E-state index contributed by atoms with van der Waals surface area (Å²) in [6.07, 6.45) is 0.609. The first kappa shape index (κ1) is 12.1. The standard InChI is InChI=1S/C13H13FN4S/c1-2-18-11-5-8(14)3-4-10(11)17-12(18)6-9-7-19-13(15)16-9/h3-5,7H,2,6H2,1H3,(H2,15,16). The fraction of sp³-hybridized carbons (Fsp3) is 0.231. The number of halogens is 1. The van der Waals surface area contributed by atoms with E-state index in [1.54, 1.807) is 6.07 Å². The van der Waals surface area contributed by atoms with Crippen LogP contribution >= 0.6 is 11.3 Å². The maximum absolute atomic E-state index is 13.3. The molecule has 0 radical (unpaired) electrons. The molecule has 0 aliphatic heterocycles. The van der Waals surface area contributed by atoms with Gasteiger partial charge in [0.15, 0.2) is 5.13 Å². The summed E-state index contributed by atoms with van der Waals surface area (Å²) in [6, 6.07) is 4.65. The summed E-state index contributed by atoms with van der Waals surface area (Å²) in [6.45, 7) is 2.76. The van der Waals surface area contributed by atoms with E-state index in [-0.39, 0.29) is 5.82 Å². The van der Waals surface area contributed by atoms with Crippen LogP contribution in [0.15, 0.2) is 23.6 Å². The fourth-order valence-corrected chi connectivity index (χ4v) is 2.76. The van der Waals surface area contributed by atoms with Crippen molar-refractivity contribution in [2.75, 3.05) is 5.73 Å². The first-order valence-electron chi connectivity index (χ1n) is 6.02. The number of aryl methyl sites for hydroxylation is 1. The third-order valence-electron chi connectivity index (χ3n) is 3.01. The highest BCUT2D eigenvalue weighted by Gasteiger charge is 2.12. The Labute approximate surface area is 113 Å². The number of nitrogen functional groups attached to an aromatic ring is 1. The Bertz CT molecular complexity index is 731. The van der Waals surface area contributed by atoms with Crippen LogP contribution in [0.25, 0.3) is 11.0 Å². The number of fused-ring (bicyclic) bond motifs is 1. The molecule has 3 aromatic rings. The topological polar surface area (TPSA) is 56.7 Å². The molecule has 4 nitrogen and oxygen atoms in total. The Balaban J connectivity index is 2.07. The highest BCUT2D eigenvalue weighted by atomic mass is 32.1.